The van der Waals surface area contributed by atoms with E-state index in [1.807, 2.05) is 6.07 Å². The molecule has 0 amide bonds. The molecule has 1 aromatic heterocycles. The molecular weight excluding hydrogens is 234 g/mol. The molecule has 0 bridgehead atoms. The van der Waals surface area contributed by atoms with Gasteiger partial charge >= 0.3 is 0 Å². The lowest BCUT2D eigenvalue weighted by Crippen LogP contribution is -2.24. The quantitative estimate of drug-likeness (QED) is 0.911. The smallest absolute Gasteiger partial charge is 0.126 e. The first-order chi connectivity index (χ1) is 8.99. The van der Waals surface area contributed by atoms with Crippen molar-refractivity contribution in [2.45, 2.75) is 33.2 Å². The minimum absolute atomic E-state index is 0.300. The van der Waals surface area contributed by atoms with Crippen molar-refractivity contribution in [3.05, 3.63) is 30.1 Å². The van der Waals surface area contributed by atoms with Crippen molar-refractivity contribution >= 4 is 11.0 Å². The molecule has 1 aromatic carbocycles. The van der Waals surface area contributed by atoms with E-state index in [2.05, 4.69) is 55.9 Å². The maximum Gasteiger partial charge on any atom is 0.126 e. The number of imidazole rings is 1. The molecule has 3 heteroatoms. The molecule has 2 atom stereocenters. The first kappa shape index (κ1) is 12.7. The maximum absolute atomic E-state index is 4.75. The van der Waals surface area contributed by atoms with Crippen LogP contribution in [0.15, 0.2) is 24.3 Å². The zero-order chi connectivity index (χ0) is 13.6. The standard InChI is InChI=1S/C16H23N3/c1-11(17-10-12-9-16(12,2)3)15-18-13-7-5-6-8-14(13)19(15)4/h5-8,11-12,17H,9-10H2,1-4H3. The molecule has 0 spiro atoms. The first-order valence-corrected chi connectivity index (χ1v) is 7.14. The van der Waals surface area contributed by atoms with Crippen LogP contribution in [-0.2, 0) is 7.05 Å². The number of nitrogens with one attached hydrogen (secondary N) is 1. The second-order valence-corrected chi connectivity index (χ2v) is 6.54. The van der Waals surface area contributed by atoms with Gasteiger partial charge in [0.15, 0.2) is 0 Å². The molecule has 0 aliphatic heterocycles. The van der Waals surface area contributed by atoms with E-state index in [-0.39, 0.29) is 0 Å². The number of hydrogen-bond acceptors (Lipinski definition) is 2. The summed E-state index contributed by atoms with van der Waals surface area (Å²) < 4.78 is 2.20. The molecule has 1 saturated carbocycles. The summed E-state index contributed by atoms with van der Waals surface area (Å²) in [6.45, 7) is 7.99. The van der Waals surface area contributed by atoms with Gasteiger partial charge in [-0.15, -0.1) is 0 Å². The molecular formula is C16H23N3. The highest BCUT2D eigenvalue weighted by Crippen LogP contribution is 2.51. The highest BCUT2D eigenvalue weighted by Gasteiger charge is 2.45. The summed E-state index contributed by atoms with van der Waals surface area (Å²) in [5, 5.41) is 3.63. The molecule has 19 heavy (non-hydrogen) atoms. The van der Waals surface area contributed by atoms with Crippen molar-refractivity contribution in [1.29, 1.82) is 0 Å². The fourth-order valence-electron chi connectivity index (χ4n) is 2.89. The van der Waals surface area contributed by atoms with Crippen LogP contribution in [-0.4, -0.2) is 16.1 Å². The highest BCUT2D eigenvalue weighted by atomic mass is 15.1. The second kappa shape index (κ2) is 4.34. The third kappa shape index (κ3) is 2.27. The van der Waals surface area contributed by atoms with Crippen molar-refractivity contribution in [3.63, 3.8) is 0 Å². The van der Waals surface area contributed by atoms with Crippen LogP contribution in [0.2, 0.25) is 0 Å². The summed E-state index contributed by atoms with van der Waals surface area (Å²) in [4.78, 5) is 4.75. The van der Waals surface area contributed by atoms with Crippen LogP contribution >= 0.6 is 0 Å². The van der Waals surface area contributed by atoms with Gasteiger partial charge in [-0.2, -0.15) is 0 Å². The van der Waals surface area contributed by atoms with Gasteiger partial charge in [-0.3, -0.25) is 0 Å². The van der Waals surface area contributed by atoms with Gasteiger partial charge in [0, 0.05) is 7.05 Å². The first-order valence-electron chi connectivity index (χ1n) is 7.14. The van der Waals surface area contributed by atoms with E-state index < -0.39 is 0 Å². The van der Waals surface area contributed by atoms with E-state index in [9.17, 15) is 0 Å². The van der Waals surface area contributed by atoms with E-state index in [0.29, 0.717) is 11.5 Å². The monoisotopic (exact) mass is 257 g/mol. The average molecular weight is 257 g/mol. The lowest BCUT2D eigenvalue weighted by molar-refractivity contribution is 0.469. The van der Waals surface area contributed by atoms with Gasteiger partial charge in [-0.25, -0.2) is 4.98 Å². The minimum atomic E-state index is 0.300. The van der Waals surface area contributed by atoms with E-state index in [1.54, 1.807) is 0 Å². The lowest BCUT2D eigenvalue weighted by atomic mass is 10.1. The fraction of sp³-hybridized carbons (Fsp3) is 0.562. The minimum Gasteiger partial charge on any atom is -0.330 e. The number of nitrogens with zero attached hydrogens (tertiary/aromatic N) is 2. The summed E-state index contributed by atoms with van der Waals surface area (Å²) in [5.74, 6) is 1.95. The molecule has 0 saturated heterocycles. The Hall–Kier alpha value is -1.35. The molecule has 1 heterocycles. The van der Waals surface area contributed by atoms with Gasteiger partial charge in [-0.05, 0) is 43.4 Å². The Morgan fingerprint density at radius 2 is 2.11 bits per heavy atom. The molecule has 1 aliphatic rings. The van der Waals surface area contributed by atoms with Gasteiger partial charge in [0.05, 0.1) is 17.1 Å². The molecule has 3 nitrogen and oxygen atoms in total. The highest BCUT2D eigenvalue weighted by molar-refractivity contribution is 5.75. The predicted molar refractivity (Wildman–Crippen MR) is 79.0 cm³/mol. The van der Waals surface area contributed by atoms with Crippen molar-refractivity contribution in [1.82, 2.24) is 14.9 Å². The van der Waals surface area contributed by atoms with Crippen molar-refractivity contribution in [2.24, 2.45) is 18.4 Å². The molecule has 1 fully saturated rings. The van der Waals surface area contributed by atoms with E-state index >= 15 is 0 Å². The maximum atomic E-state index is 4.75. The van der Waals surface area contributed by atoms with Crippen LogP contribution in [0, 0.1) is 11.3 Å². The van der Waals surface area contributed by atoms with E-state index in [4.69, 9.17) is 4.98 Å². The summed E-state index contributed by atoms with van der Waals surface area (Å²) >= 11 is 0. The van der Waals surface area contributed by atoms with Crippen molar-refractivity contribution in [3.8, 4) is 0 Å². The Labute approximate surface area is 115 Å². The van der Waals surface area contributed by atoms with Crippen molar-refractivity contribution in [2.75, 3.05) is 6.54 Å². The zero-order valence-corrected chi connectivity index (χ0v) is 12.3. The van der Waals surface area contributed by atoms with Gasteiger partial charge in [0.1, 0.15) is 5.82 Å². The topological polar surface area (TPSA) is 29.9 Å². The largest absolute Gasteiger partial charge is 0.330 e. The van der Waals surface area contributed by atoms with Crippen LogP contribution in [0.4, 0.5) is 0 Å². The Balaban J connectivity index is 1.74. The Kier molecular flexibility index (Phi) is 2.90. The number of fused-ring (bicyclic) bond motifs is 1. The van der Waals surface area contributed by atoms with Gasteiger partial charge in [-0.1, -0.05) is 26.0 Å². The van der Waals surface area contributed by atoms with E-state index in [0.717, 1.165) is 23.8 Å². The molecule has 0 radical (unpaired) electrons. The molecule has 2 unspecified atom stereocenters. The number of para-hydroxylation sites is 2. The van der Waals surface area contributed by atoms with Crippen LogP contribution in [0.25, 0.3) is 11.0 Å². The van der Waals surface area contributed by atoms with Crippen LogP contribution < -0.4 is 5.32 Å². The third-order valence-corrected chi connectivity index (χ3v) is 4.60. The Morgan fingerprint density at radius 3 is 2.74 bits per heavy atom. The number of benzene rings is 1. The predicted octanol–water partition coefficient (Wildman–Crippen LogP) is 3.27. The summed E-state index contributed by atoms with van der Waals surface area (Å²) in [6, 6.07) is 8.62. The molecule has 2 aromatic rings. The molecule has 102 valence electrons. The normalized spacial score (nSPS) is 22.6. The molecule has 1 aliphatic carbocycles. The Bertz CT molecular complexity index is 597. The number of aromatic nitrogens is 2. The zero-order valence-electron chi connectivity index (χ0n) is 12.3. The van der Waals surface area contributed by atoms with Crippen molar-refractivity contribution < 1.29 is 0 Å². The summed E-state index contributed by atoms with van der Waals surface area (Å²) in [5.41, 5.74) is 2.83. The third-order valence-electron chi connectivity index (χ3n) is 4.60. The lowest BCUT2D eigenvalue weighted by Gasteiger charge is -2.14. The SMILES string of the molecule is CC(NCC1CC1(C)C)c1nc2ccccc2n1C. The summed E-state index contributed by atoms with van der Waals surface area (Å²) in [7, 11) is 2.10. The van der Waals surface area contributed by atoms with Crippen LogP contribution in [0.5, 0.6) is 0 Å². The molecule has 3 rings (SSSR count). The summed E-state index contributed by atoms with van der Waals surface area (Å²) in [6.07, 6.45) is 1.34. The Morgan fingerprint density at radius 1 is 1.42 bits per heavy atom. The molecule has 1 N–H and O–H groups in total. The average Bonchev–Trinajstić information content (AvgIpc) is 2.85. The number of rotatable bonds is 4. The van der Waals surface area contributed by atoms with Crippen LogP contribution in [0.1, 0.15) is 39.1 Å². The van der Waals surface area contributed by atoms with Gasteiger partial charge < -0.3 is 9.88 Å². The van der Waals surface area contributed by atoms with Gasteiger partial charge in [0.25, 0.3) is 0 Å². The second-order valence-electron chi connectivity index (χ2n) is 6.54. The van der Waals surface area contributed by atoms with E-state index in [1.165, 1.54) is 11.9 Å². The van der Waals surface area contributed by atoms with Gasteiger partial charge in [0.2, 0.25) is 0 Å². The number of aryl methyl sites for hydroxylation is 1. The van der Waals surface area contributed by atoms with Crippen LogP contribution in [0.3, 0.4) is 0 Å². The fourth-order valence-corrected chi connectivity index (χ4v) is 2.89. The number of hydrogen-bond donors (Lipinski definition) is 1.